The number of hydrogen-bond donors (Lipinski definition) is 1. The molecule has 6 heteroatoms. The Morgan fingerprint density at radius 2 is 1.82 bits per heavy atom. The molecule has 96 valence electrons. The van der Waals surface area contributed by atoms with Crippen molar-refractivity contribution in [2.24, 2.45) is 0 Å². The molecule has 0 atom stereocenters. The van der Waals surface area contributed by atoms with Gasteiger partial charge in [0.15, 0.2) is 0 Å². The lowest BCUT2D eigenvalue weighted by Gasteiger charge is -2.08. The third kappa shape index (κ3) is 4.86. The number of hydrogen-bond acceptors (Lipinski definition) is 6. The molecule has 0 unspecified atom stereocenters. The van der Waals surface area contributed by atoms with Crippen molar-refractivity contribution >= 4 is 5.95 Å². The summed E-state index contributed by atoms with van der Waals surface area (Å²) in [5.74, 6) is 1.45. The highest BCUT2D eigenvalue weighted by Crippen LogP contribution is 2.16. The summed E-state index contributed by atoms with van der Waals surface area (Å²) in [7, 11) is 3.11. The van der Waals surface area contributed by atoms with Gasteiger partial charge in [-0.1, -0.05) is 0 Å². The highest BCUT2D eigenvalue weighted by Gasteiger charge is 2.04. The van der Waals surface area contributed by atoms with Crippen molar-refractivity contribution in [2.45, 2.75) is 13.3 Å². The fourth-order valence-corrected chi connectivity index (χ4v) is 1.21. The van der Waals surface area contributed by atoms with E-state index in [0.29, 0.717) is 17.7 Å². The molecular formula is C11H19N3O3. The fourth-order valence-electron chi connectivity index (χ4n) is 1.21. The molecule has 0 spiro atoms. The largest absolute Gasteiger partial charge is 0.481 e. The van der Waals surface area contributed by atoms with Gasteiger partial charge in [-0.15, -0.1) is 0 Å². The molecule has 0 aliphatic rings. The first-order chi connectivity index (χ1) is 8.30. The minimum Gasteiger partial charge on any atom is -0.481 e. The average Bonchev–Trinajstić information content (AvgIpc) is 2.38. The van der Waals surface area contributed by atoms with Crippen molar-refractivity contribution in [3.05, 3.63) is 6.07 Å². The highest BCUT2D eigenvalue weighted by atomic mass is 16.5. The van der Waals surface area contributed by atoms with Crippen LogP contribution in [0, 0.1) is 0 Å². The second-order valence-corrected chi connectivity index (χ2v) is 3.25. The van der Waals surface area contributed by atoms with Crippen LogP contribution < -0.4 is 14.8 Å². The summed E-state index contributed by atoms with van der Waals surface area (Å²) in [6, 6.07) is 1.63. The second-order valence-electron chi connectivity index (χ2n) is 3.25. The van der Waals surface area contributed by atoms with Gasteiger partial charge in [0, 0.05) is 19.8 Å². The van der Waals surface area contributed by atoms with Crippen molar-refractivity contribution in [2.75, 3.05) is 39.3 Å². The summed E-state index contributed by atoms with van der Waals surface area (Å²) < 4.78 is 15.3. The molecule has 0 aliphatic carbocycles. The van der Waals surface area contributed by atoms with Crippen LogP contribution in [0.3, 0.4) is 0 Å². The van der Waals surface area contributed by atoms with Crippen molar-refractivity contribution < 1.29 is 14.2 Å². The minimum absolute atomic E-state index is 0.476. The van der Waals surface area contributed by atoms with Gasteiger partial charge in [0.05, 0.1) is 20.3 Å². The van der Waals surface area contributed by atoms with Crippen LogP contribution in [-0.4, -0.2) is 43.9 Å². The van der Waals surface area contributed by atoms with Crippen LogP contribution in [0.25, 0.3) is 0 Å². The summed E-state index contributed by atoms with van der Waals surface area (Å²) in [6.07, 6.45) is 0.900. The average molecular weight is 241 g/mol. The summed E-state index contributed by atoms with van der Waals surface area (Å²) in [6.45, 7) is 4.19. The molecular weight excluding hydrogens is 222 g/mol. The maximum atomic E-state index is 5.23. The van der Waals surface area contributed by atoms with E-state index in [1.165, 1.54) is 0 Å². The highest BCUT2D eigenvalue weighted by molar-refractivity contribution is 5.33. The van der Waals surface area contributed by atoms with Crippen molar-refractivity contribution in [3.63, 3.8) is 0 Å². The van der Waals surface area contributed by atoms with Crippen LogP contribution in [0.1, 0.15) is 13.3 Å². The summed E-state index contributed by atoms with van der Waals surface area (Å²) >= 11 is 0. The Hall–Kier alpha value is -1.56. The lowest BCUT2D eigenvalue weighted by Crippen LogP contribution is -2.09. The Bertz CT molecular complexity index is 311. The molecule has 1 aromatic rings. The minimum atomic E-state index is 0.476. The third-order valence-electron chi connectivity index (χ3n) is 2.05. The van der Waals surface area contributed by atoms with E-state index in [9.17, 15) is 0 Å². The number of anilines is 1. The van der Waals surface area contributed by atoms with E-state index < -0.39 is 0 Å². The molecule has 0 bridgehead atoms. The second kappa shape index (κ2) is 7.67. The Morgan fingerprint density at radius 3 is 2.35 bits per heavy atom. The van der Waals surface area contributed by atoms with Gasteiger partial charge < -0.3 is 19.5 Å². The van der Waals surface area contributed by atoms with Gasteiger partial charge in [0.25, 0.3) is 0 Å². The Kier molecular flexibility index (Phi) is 6.09. The van der Waals surface area contributed by atoms with Gasteiger partial charge in [-0.2, -0.15) is 9.97 Å². The predicted octanol–water partition coefficient (Wildman–Crippen LogP) is 1.33. The van der Waals surface area contributed by atoms with Crippen LogP contribution >= 0.6 is 0 Å². The van der Waals surface area contributed by atoms with E-state index in [-0.39, 0.29) is 0 Å². The first-order valence-corrected chi connectivity index (χ1v) is 5.58. The molecule has 0 radical (unpaired) electrons. The summed E-state index contributed by atoms with van der Waals surface area (Å²) in [4.78, 5) is 8.30. The van der Waals surface area contributed by atoms with E-state index in [1.807, 2.05) is 6.92 Å². The van der Waals surface area contributed by atoms with Crippen molar-refractivity contribution in [1.82, 2.24) is 9.97 Å². The molecule has 6 nitrogen and oxygen atoms in total. The summed E-state index contributed by atoms with van der Waals surface area (Å²) in [5, 5.41) is 3.09. The quantitative estimate of drug-likeness (QED) is 0.693. The Labute approximate surface area is 101 Å². The number of nitrogens with one attached hydrogen (secondary N) is 1. The van der Waals surface area contributed by atoms with Crippen LogP contribution in [0.15, 0.2) is 6.07 Å². The topological polar surface area (TPSA) is 65.5 Å². The number of aromatic nitrogens is 2. The van der Waals surface area contributed by atoms with Crippen LogP contribution in [0.2, 0.25) is 0 Å². The molecule has 0 fully saturated rings. The summed E-state index contributed by atoms with van der Waals surface area (Å²) in [5.41, 5.74) is 0. The molecule has 0 aliphatic heterocycles. The molecule has 1 N–H and O–H groups in total. The lowest BCUT2D eigenvalue weighted by molar-refractivity contribution is 0.147. The molecule has 1 aromatic heterocycles. The smallest absolute Gasteiger partial charge is 0.229 e. The zero-order chi connectivity index (χ0) is 12.5. The third-order valence-corrected chi connectivity index (χ3v) is 2.05. The zero-order valence-electron chi connectivity index (χ0n) is 10.5. The van der Waals surface area contributed by atoms with Gasteiger partial charge in [-0.3, -0.25) is 0 Å². The Balaban J connectivity index is 2.46. The van der Waals surface area contributed by atoms with Crippen molar-refractivity contribution in [3.8, 4) is 11.8 Å². The number of nitrogens with zero attached hydrogens (tertiary/aromatic N) is 2. The van der Waals surface area contributed by atoms with E-state index in [2.05, 4.69) is 15.3 Å². The van der Waals surface area contributed by atoms with Crippen LogP contribution in [-0.2, 0) is 4.74 Å². The Morgan fingerprint density at radius 1 is 1.18 bits per heavy atom. The number of methoxy groups -OCH3 is 2. The monoisotopic (exact) mass is 241 g/mol. The van der Waals surface area contributed by atoms with E-state index >= 15 is 0 Å². The molecule has 0 amide bonds. The molecule has 17 heavy (non-hydrogen) atoms. The lowest BCUT2D eigenvalue weighted by atomic mass is 10.4. The molecule has 0 aromatic carbocycles. The zero-order valence-corrected chi connectivity index (χ0v) is 10.5. The maximum absolute atomic E-state index is 5.23. The van der Waals surface area contributed by atoms with Crippen LogP contribution in [0.4, 0.5) is 5.95 Å². The van der Waals surface area contributed by atoms with Gasteiger partial charge in [0.2, 0.25) is 17.7 Å². The first kappa shape index (κ1) is 13.5. The predicted molar refractivity (Wildman–Crippen MR) is 64.7 cm³/mol. The fraction of sp³-hybridized carbons (Fsp3) is 0.636. The number of rotatable bonds is 8. The van der Waals surface area contributed by atoms with Crippen molar-refractivity contribution in [1.29, 1.82) is 0 Å². The van der Waals surface area contributed by atoms with E-state index in [4.69, 9.17) is 14.2 Å². The maximum Gasteiger partial charge on any atom is 0.229 e. The van der Waals surface area contributed by atoms with E-state index in [0.717, 1.165) is 26.2 Å². The normalized spacial score (nSPS) is 10.1. The van der Waals surface area contributed by atoms with Crippen LogP contribution in [0.5, 0.6) is 11.8 Å². The molecule has 1 heterocycles. The van der Waals surface area contributed by atoms with Gasteiger partial charge in [-0.25, -0.2) is 0 Å². The van der Waals surface area contributed by atoms with Gasteiger partial charge in [0.1, 0.15) is 0 Å². The van der Waals surface area contributed by atoms with Gasteiger partial charge >= 0.3 is 0 Å². The van der Waals surface area contributed by atoms with Gasteiger partial charge in [-0.05, 0) is 13.3 Å². The molecule has 1 rings (SSSR count). The number of ether oxygens (including phenoxy) is 3. The first-order valence-electron chi connectivity index (χ1n) is 5.58. The molecule has 0 saturated heterocycles. The van der Waals surface area contributed by atoms with E-state index in [1.54, 1.807) is 20.3 Å². The molecule has 0 saturated carbocycles. The standard InChI is InChI=1S/C11H19N3O3/c1-4-17-7-5-6-12-11-13-9(15-2)8-10(14-11)16-3/h8H,4-7H2,1-3H3,(H,12,13,14). The SMILES string of the molecule is CCOCCCNc1nc(OC)cc(OC)n1.